The van der Waals surface area contributed by atoms with Crippen LogP contribution in [0.2, 0.25) is 0 Å². The Hall–Kier alpha value is -3.14. The van der Waals surface area contributed by atoms with Crippen molar-refractivity contribution in [1.82, 2.24) is 9.55 Å². The van der Waals surface area contributed by atoms with Crippen molar-refractivity contribution in [3.63, 3.8) is 0 Å². The summed E-state index contributed by atoms with van der Waals surface area (Å²) in [5.41, 5.74) is 3.10. The van der Waals surface area contributed by atoms with Gasteiger partial charge in [0.1, 0.15) is 5.82 Å². The maximum atomic E-state index is 13.3. The van der Waals surface area contributed by atoms with Gasteiger partial charge < -0.3 is 14.0 Å². The quantitative estimate of drug-likeness (QED) is 0.191. The number of thioether (sulfide) groups is 1. The molecule has 3 aromatic carbocycles. The van der Waals surface area contributed by atoms with Crippen LogP contribution in [0.4, 0.5) is 17.6 Å². The van der Waals surface area contributed by atoms with Gasteiger partial charge in [-0.15, -0.1) is 0 Å². The van der Waals surface area contributed by atoms with Gasteiger partial charge in [0.15, 0.2) is 5.79 Å². The van der Waals surface area contributed by atoms with Crippen LogP contribution in [0.5, 0.6) is 0 Å². The molecular weight excluding hydrogens is 528 g/mol. The molecule has 2 heterocycles. The van der Waals surface area contributed by atoms with E-state index in [4.69, 9.17) is 9.47 Å². The molecule has 0 bridgehead atoms. The van der Waals surface area contributed by atoms with Crippen molar-refractivity contribution in [2.45, 2.75) is 43.2 Å². The smallest absolute Gasteiger partial charge is 0.345 e. The third kappa shape index (κ3) is 7.29. The Bertz CT molecular complexity index is 1330. The fourth-order valence-corrected chi connectivity index (χ4v) is 5.56. The van der Waals surface area contributed by atoms with Gasteiger partial charge in [0, 0.05) is 30.3 Å². The normalized spacial score (nSPS) is 19.4. The first-order chi connectivity index (χ1) is 18.8. The summed E-state index contributed by atoms with van der Waals surface area (Å²) < 4.78 is 66.4. The van der Waals surface area contributed by atoms with Gasteiger partial charge in [0.05, 0.1) is 31.1 Å². The molecule has 204 valence electrons. The molecule has 0 amide bonds. The Morgan fingerprint density at radius 3 is 2.23 bits per heavy atom. The zero-order chi connectivity index (χ0) is 27.3. The summed E-state index contributed by atoms with van der Waals surface area (Å²) in [6.07, 6.45) is 2.25. The monoisotopic (exact) mass is 556 g/mol. The predicted octanol–water partition coefficient (Wildman–Crippen LogP) is 7.39. The van der Waals surface area contributed by atoms with Crippen molar-refractivity contribution < 1.29 is 27.0 Å². The second-order valence-electron chi connectivity index (χ2n) is 9.61. The number of nitrogens with zero attached hydrogens (tertiary/aromatic N) is 2. The van der Waals surface area contributed by atoms with Gasteiger partial charge in [-0.3, -0.25) is 0 Å². The molecule has 39 heavy (non-hydrogen) atoms. The van der Waals surface area contributed by atoms with E-state index >= 15 is 0 Å². The molecule has 1 aromatic heterocycles. The second kappa shape index (κ2) is 11.9. The van der Waals surface area contributed by atoms with Crippen molar-refractivity contribution in [3.8, 4) is 11.1 Å². The molecule has 4 aromatic rings. The number of alkyl halides is 3. The lowest BCUT2D eigenvalue weighted by molar-refractivity contribution is -0.180. The summed E-state index contributed by atoms with van der Waals surface area (Å²) >= 11 is 1.74. The Morgan fingerprint density at radius 1 is 0.923 bits per heavy atom. The Morgan fingerprint density at radius 2 is 1.59 bits per heavy atom. The van der Waals surface area contributed by atoms with Gasteiger partial charge in [-0.2, -0.15) is 24.9 Å². The van der Waals surface area contributed by atoms with Crippen LogP contribution < -0.4 is 0 Å². The maximum absolute atomic E-state index is 13.3. The maximum Gasteiger partial charge on any atom is 0.416 e. The van der Waals surface area contributed by atoms with E-state index in [0.29, 0.717) is 26.0 Å². The fraction of sp³-hybridized carbons (Fsp3) is 0.300. The first kappa shape index (κ1) is 27.4. The molecule has 0 radical (unpaired) electrons. The molecule has 0 aliphatic carbocycles. The van der Waals surface area contributed by atoms with E-state index in [9.17, 15) is 17.6 Å². The predicted molar refractivity (Wildman–Crippen MR) is 144 cm³/mol. The van der Waals surface area contributed by atoms with Crippen LogP contribution >= 0.6 is 11.8 Å². The lowest BCUT2D eigenvalue weighted by Crippen LogP contribution is -2.37. The number of hydrogen-bond donors (Lipinski definition) is 0. The van der Waals surface area contributed by atoms with E-state index in [1.807, 2.05) is 35.0 Å². The molecule has 9 heteroatoms. The average molecular weight is 557 g/mol. The number of hydrogen-bond acceptors (Lipinski definition) is 4. The Kier molecular flexibility index (Phi) is 8.40. The van der Waals surface area contributed by atoms with E-state index in [2.05, 4.69) is 4.98 Å². The number of aromatic nitrogens is 2. The third-order valence-electron chi connectivity index (χ3n) is 6.68. The van der Waals surface area contributed by atoms with Gasteiger partial charge in [-0.1, -0.05) is 48.5 Å². The molecule has 2 unspecified atom stereocenters. The summed E-state index contributed by atoms with van der Waals surface area (Å²) in [5.74, 6) is 0.482. The number of aryl methyl sites for hydroxylation is 1. The molecule has 1 fully saturated rings. The highest BCUT2D eigenvalue weighted by Gasteiger charge is 2.41. The first-order valence-electron chi connectivity index (χ1n) is 12.6. The van der Waals surface area contributed by atoms with Gasteiger partial charge in [0.25, 0.3) is 0 Å². The highest BCUT2D eigenvalue weighted by Crippen LogP contribution is 2.33. The highest BCUT2D eigenvalue weighted by molar-refractivity contribution is 7.98. The zero-order valence-corrected chi connectivity index (χ0v) is 21.9. The number of imidazole rings is 1. The van der Waals surface area contributed by atoms with Crippen LogP contribution in [-0.4, -0.2) is 33.8 Å². The van der Waals surface area contributed by atoms with Crippen molar-refractivity contribution in [1.29, 1.82) is 0 Å². The van der Waals surface area contributed by atoms with Crippen molar-refractivity contribution in [3.05, 3.63) is 114 Å². The summed E-state index contributed by atoms with van der Waals surface area (Å²) in [5, 5.41) is 0. The van der Waals surface area contributed by atoms with Crippen LogP contribution in [0.1, 0.15) is 23.1 Å². The third-order valence-corrected chi connectivity index (χ3v) is 7.82. The topological polar surface area (TPSA) is 36.3 Å². The van der Waals surface area contributed by atoms with E-state index in [0.717, 1.165) is 45.9 Å². The minimum absolute atomic E-state index is 0.0711. The van der Waals surface area contributed by atoms with Gasteiger partial charge in [0.2, 0.25) is 0 Å². The SMILES string of the molecule is Fc1ccc(CCC2(Cn3ccnc3)OCC(CSCc3ccc(-c4ccc(C(F)(F)F)cc4)cc3)O2)cc1. The molecule has 4 nitrogen and oxygen atoms in total. The van der Waals surface area contributed by atoms with Crippen LogP contribution in [0, 0.1) is 5.82 Å². The van der Waals surface area contributed by atoms with E-state index in [-0.39, 0.29) is 11.9 Å². The lowest BCUT2D eigenvalue weighted by Gasteiger charge is -2.28. The number of ether oxygens (including phenoxy) is 2. The lowest BCUT2D eigenvalue weighted by atomic mass is 10.0. The Labute approximate surface area is 229 Å². The fourth-order valence-electron chi connectivity index (χ4n) is 4.59. The van der Waals surface area contributed by atoms with Gasteiger partial charge in [-0.25, -0.2) is 9.37 Å². The van der Waals surface area contributed by atoms with Crippen molar-refractivity contribution in [2.24, 2.45) is 0 Å². The van der Waals surface area contributed by atoms with Crippen molar-refractivity contribution >= 4 is 11.8 Å². The van der Waals surface area contributed by atoms with Crippen LogP contribution in [0.3, 0.4) is 0 Å². The molecule has 0 N–H and O–H groups in total. The molecule has 5 rings (SSSR count). The molecule has 1 saturated heterocycles. The van der Waals surface area contributed by atoms with Gasteiger partial charge in [-0.05, 0) is 52.9 Å². The number of halogens is 4. The molecular formula is C30H28F4N2O2S. The van der Waals surface area contributed by atoms with E-state index in [1.165, 1.54) is 24.3 Å². The number of rotatable bonds is 10. The summed E-state index contributed by atoms with van der Waals surface area (Å²) in [4.78, 5) is 4.13. The van der Waals surface area contributed by atoms with Crippen molar-refractivity contribution in [2.75, 3.05) is 12.4 Å². The average Bonchev–Trinajstić information content (AvgIpc) is 3.59. The Balaban J connectivity index is 1.14. The van der Waals surface area contributed by atoms with E-state index < -0.39 is 17.5 Å². The molecule has 2 atom stereocenters. The van der Waals surface area contributed by atoms with Gasteiger partial charge >= 0.3 is 6.18 Å². The zero-order valence-electron chi connectivity index (χ0n) is 21.1. The van der Waals surface area contributed by atoms with E-state index in [1.54, 1.807) is 36.4 Å². The van der Waals surface area contributed by atoms with Crippen LogP contribution in [0.25, 0.3) is 11.1 Å². The number of benzene rings is 3. The minimum Gasteiger partial charge on any atom is -0.345 e. The first-order valence-corrected chi connectivity index (χ1v) is 13.8. The van der Waals surface area contributed by atoms with Crippen LogP contribution in [0.15, 0.2) is 91.5 Å². The summed E-state index contributed by atoms with van der Waals surface area (Å²) in [6.45, 7) is 0.999. The van der Waals surface area contributed by atoms with Crippen LogP contribution in [-0.2, 0) is 34.4 Å². The molecule has 0 spiro atoms. The largest absolute Gasteiger partial charge is 0.416 e. The summed E-state index contributed by atoms with van der Waals surface area (Å²) in [6, 6.07) is 19.6. The minimum atomic E-state index is -4.34. The summed E-state index contributed by atoms with van der Waals surface area (Å²) in [7, 11) is 0. The second-order valence-corrected chi connectivity index (χ2v) is 10.6. The molecule has 1 aliphatic rings. The standard InChI is InChI=1S/C30H28F4N2O2S/c31-27-11-3-22(4-12-27)13-14-29(20-36-16-15-35-21-36)37-17-28(38-29)19-39-18-23-1-5-24(6-2-23)25-7-9-26(10-8-25)30(32,33)34/h1-12,15-16,21,28H,13-14,17-20H2. The molecule has 1 aliphatic heterocycles. The highest BCUT2D eigenvalue weighted by atomic mass is 32.2. The molecule has 0 saturated carbocycles.